The third-order valence-corrected chi connectivity index (χ3v) is 5.67. The van der Waals surface area contributed by atoms with Gasteiger partial charge in [-0.05, 0) is 36.2 Å². The van der Waals surface area contributed by atoms with Crippen LogP contribution in [0.25, 0.3) is 11.4 Å². The van der Waals surface area contributed by atoms with Crippen LogP contribution < -0.4 is 4.90 Å². The minimum absolute atomic E-state index is 0.441. The number of piperazine rings is 1. The van der Waals surface area contributed by atoms with Crippen molar-refractivity contribution in [2.24, 2.45) is 0 Å². The van der Waals surface area contributed by atoms with Gasteiger partial charge in [0, 0.05) is 49.8 Å². The van der Waals surface area contributed by atoms with Gasteiger partial charge in [-0.3, -0.25) is 4.90 Å². The summed E-state index contributed by atoms with van der Waals surface area (Å²) in [5.41, 5.74) is 3.18. The second-order valence-corrected chi connectivity index (χ2v) is 7.45. The van der Waals surface area contributed by atoms with Crippen LogP contribution >= 0.6 is 11.5 Å². The summed E-state index contributed by atoms with van der Waals surface area (Å²) in [7, 11) is 0. The molecule has 0 saturated carbocycles. The Morgan fingerprint density at radius 3 is 2.52 bits per heavy atom. The quantitative estimate of drug-likeness (QED) is 0.675. The Morgan fingerprint density at radius 1 is 1.00 bits per heavy atom. The van der Waals surface area contributed by atoms with Crippen LogP contribution in [0, 0.1) is 18.6 Å². The second-order valence-electron chi connectivity index (χ2n) is 6.72. The van der Waals surface area contributed by atoms with Crippen LogP contribution in [0.15, 0.2) is 42.5 Å². The Hall–Kier alpha value is -2.38. The first-order chi connectivity index (χ1) is 13.1. The minimum atomic E-state index is -0.881. The molecule has 2 heterocycles. The Labute approximate surface area is 161 Å². The molecule has 0 radical (unpaired) electrons. The minimum Gasteiger partial charge on any atom is -0.344 e. The van der Waals surface area contributed by atoms with Crippen LogP contribution in [0.1, 0.15) is 11.1 Å². The fourth-order valence-electron chi connectivity index (χ4n) is 3.22. The van der Waals surface area contributed by atoms with E-state index in [1.54, 1.807) is 0 Å². The van der Waals surface area contributed by atoms with Gasteiger partial charge in [-0.1, -0.05) is 24.3 Å². The number of aryl methyl sites for hydroxylation is 1. The molecule has 1 fully saturated rings. The molecule has 4 nitrogen and oxygen atoms in total. The smallest absolute Gasteiger partial charge is 0.205 e. The number of anilines is 1. The molecule has 1 aliphatic heterocycles. The molecule has 0 spiro atoms. The van der Waals surface area contributed by atoms with Gasteiger partial charge in [-0.2, -0.15) is 9.36 Å². The molecule has 1 saturated heterocycles. The van der Waals surface area contributed by atoms with E-state index in [0.29, 0.717) is 11.4 Å². The van der Waals surface area contributed by atoms with Gasteiger partial charge in [-0.25, -0.2) is 8.78 Å². The summed E-state index contributed by atoms with van der Waals surface area (Å²) in [6, 6.07) is 12.2. The average Bonchev–Trinajstić information content (AvgIpc) is 3.17. The second kappa shape index (κ2) is 7.70. The van der Waals surface area contributed by atoms with Crippen molar-refractivity contribution < 1.29 is 8.78 Å². The van der Waals surface area contributed by atoms with E-state index in [0.717, 1.165) is 50.0 Å². The van der Waals surface area contributed by atoms with Crippen LogP contribution in [0.3, 0.4) is 0 Å². The number of nitrogens with zero attached hydrogens (tertiary/aromatic N) is 4. The van der Waals surface area contributed by atoms with Crippen molar-refractivity contribution in [3.05, 3.63) is 65.2 Å². The molecule has 0 amide bonds. The normalized spacial score (nSPS) is 15.3. The summed E-state index contributed by atoms with van der Waals surface area (Å²) >= 11 is 1.30. The van der Waals surface area contributed by atoms with Gasteiger partial charge in [0.2, 0.25) is 5.13 Å². The highest BCUT2D eigenvalue weighted by Gasteiger charge is 2.21. The Kier molecular flexibility index (Phi) is 5.13. The first-order valence-electron chi connectivity index (χ1n) is 8.91. The van der Waals surface area contributed by atoms with Gasteiger partial charge in [-0.15, -0.1) is 0 Å². The van der Waals surface area contributed by atoms with Crippen LogP contribution in [0.4, 0.5) is 13.9 Å². The number of hydrogen-bond donors (Lipinski definition) is 0. The van der Waals surface area contributed by atoms with E-state index in [-0.39, 0.29) is 0 Å². The first-order valence-corrected chi connectivity index (χ1v) is 9.68. The number of rotatable bonds is 4. The maximum atomic E-state index is 13.4. The van der Waals surface area contributed by atoms with Gasteiger partial charge in [0.1, 0.15) is 0 Å². The van der Waals surface area contributed by atoms with Gasteiger partial charge < -0.3 is 4.90 Å². The molecular weight excluding hydrogens is 366 g/mol. The Bertz CT molecular complexity index is 935. The van der Waals surface area contributed by atoms with E-state index in [1.807, 2.05) is 0 Å². The molecule has 3 aromatic rings. The van der Waals surface area contributed by atoms with Gasteiger partial charge in [0.15, 0.2) is 17.5 Å². The topological polar surface area (TPSA) is 32.3 Å². The van der Waals surface area contributed by atoms with Crippen LogP contribution in [0.2, 0.25) is 0 Å². The lowest BCUT2D eigenvalue weighted by Crippen LogP contribution is -2.46. The summed E-state index contributed by atoms with van der Waals surface area (Å²) in [5, 5.41) is 0.824. The summed E-state index contributed by atoms with van der Waals surface area (Å²) in [6.45, 7) is 6.75. The van der Waals surface area contributed by atoms with Crippen LogP contribution in [0.5, 0.6) is 0 Å². The predicted molar refractivity (Wildman–Crippen MR) is 104 cm³/mol. The third-order valence-electron chi connectivity index (χ3n) is 4.89. The molecule has 7 heteroatoms. The highest BCUT2D eigenvalue weighted by atomic mass is 32.1. The lowest BCUT2D eigenvalue weighted by molar-refractivity contribution is 0.249. The highest BCUT2D eigenvalue weighted by Crippen LogP contribution is 2.26. The summed E-state index contributed by atoms with van der Waals surface area (Å²) in [6.07, 6.45) is 0. The molecule has 0 unspecified atom stereocenters. The summed E-state index contributed by atoms with van der Waals surface area (Å²) in [4.78, 5) is 9.17. The molecule has 4 rings (SSSR count). The predicted octanol–water partition coefficient (Wildman–Crippen LogP) is 4.11. The fraction of sp³-hybridized carbons (Fsp3) is 0.300. The molecule has 0 N–H and O–H groups in total. The highest BCUT2D eigenvalue weighted by molar-refractivity contribution is 7.09. The fourth-order valence-corrected chi connectivity index (χ4v) is 3.96. The van der Waals surface area contributed by atoms with Crippen molar-refractivity contribution in [2.45, 2.75) is 13.5 Å². The van der Waals surface area contributed by atoms with Crippen molar-refractivity contribution >= 4 is 16.7 Å². The third kappa shape index (κ3) is 3.99. The molecular formula is C20H20F2N4S. The molecule has 2 aromatic carbocycles. The monoisotopic (exact) mass is 386 g/mol. The zero-order chi connectivity index (χ0) is 18.8. The van der Waals surface area contributed by atoms with E-state index >= 15 is 0 Å². The molecule has 27 heavy (non-hydrogen) atoms. The maximum Gasteiger partial charge on any atom is 0.205 e. The van der Waals surface area contributed by atoms with Crippen molar-refractivity contribution in [3.8, 4) is 11.4 Å². The lowest BCUT2D eigenvalue weighted by Gasteiger charge is -2.34. The molecule has 1 aliphatic rings. The van der Waals surface area contributed by atoms with Gasteiger partial charge >= 0.3 is 0 Å². The number of aromatic nitrogens is 2. The molecule has 0 atom stereocenters. The van der Waals surface area contributed by atoms with Crippen LogP contribution in [-0.4, -0.2) is 40.4 Å². The SMILES string of the molecule is Cc1ccccc1CN1CCN(c2nc(-c3ccc(F)c(F)c3)ns2)CC1. The molecule has 1 aromatic heterocycles. The van der Waals surface area contributed by atoms with E-state index in [1.165, 1.54) is 28.7 Å². The van der Waals surface area contributed by atoms with Crippen molar-refractivity contribution in [3.63, 3.8) is 0 Å². The number of halogens is 2. The molecule has 0 bridgehead atoms. The van der Waals surface area contributed by atoms with Crippen LogP contribution in [-0.2, 0) is 6.54 Å². The van der Waals surface area contributed by atoms with Crippen molar-refractivity contribution in [1.29, 1.82) is 0 Å². The first kappa shape index (κ1) is 18.0. The Morgan fingerprint density at radius 2 is 1.78 bits per heavy atom. The Balaban J connectivity index is 1.39. The number of hydrogen-bond acceptors (Lipinski definition) is 5. The summed E-state index contributed by atoms with van der Waals surface area (Å²) in [5.74, 6) is -1.30. The number of benzene rings is 2. The van der Waals surface area contributed by atoms with Gasteiger partial charge in [0.05, 0.1) is 0 Å². The van der Waals surface area contributed by atoms with Gasteiger partial charge in [0.25, 0.3) is 0 Å². The molecule has 0 aliphatic carbocycles. The summed E-state index contributed by atoms with van der Waals surface area (Å²) < 4.78 is 30.9. The van der Waals surface area contributed by atoms with Crippen molar-refractivity contribution in [1.82, 2.24) is 14.3 Å². The van der Waals surface area contributed by atoms with E-state index in [9.17, 15) is 8.78 Å². The molecule has 140 valence electrons. The van der Waals surface area contributed by atoms with E-state index in [4.69, 9.17) is 0 Å². The zero-order valence-electron chi connectivity index (χ0n) is 15.0. The van der Waals surface area contributed by atoms with E-state index in [2.05, 4.69) is 50.3 Å². The standard InChI is InChI=1S/C20H20F2N4S/c1-14-4-2-3-5-16(14)13-25-8-10-26(11-9-25)20-23-19(24-27-20)15-6-7-17(21)18(22)12-15/h2-7,12H,8-11,13H2,1H3. The zero-order valence-corrected chi connectivity index (χ0v) is 15.8. The largest absolute Gasteiger partial charge is 0.344 e. The maximum absolute atomic E-state index is 13.4. The lowest BCUT2D eigenvalue weighted by atomic mass is 10.1. The van der Waals surface area contributed by atoms with Crippen molar-refractivity contribution in [2.75, 3.05) is 31.1 Å². The average molecular weight is 386 g/mol. The van der Waals surface area contributed by atoms with E-state index < -0.39 is 11.6 Å².